The topological polar surface area (TPSA) is 68.8 Å². The van der Waals surface area contributed by atoms with Gasteiger partial charge >= 0.3 is 6.18 Å². The van der Waals surface area contributed by atoms with Crippen molar-refractivity contribution < 1.29 is 22.8 Å². The molecule has 1 fully saturated rings. The lowest BCUT2D eigenvalue weighted by molar-refractivity contribution is -0.141. The van der Waals surface area contributed by atoms with Crippen molar-refractivity contribution in [3.63, 3.8) is 0 Å². The van der Waals surface area contributed by atoms with Crippen molar-refractivity contribution in [2.75, 3.05) is 50.7 Å². The first-order valence-corrected chi connectivity index (χ1v) is 16.6. The van der Waals surface area contributed by atoms with Crippen LogP contribution >= 0.6 is 0 Å². The lowest BCUT2D eigenvalue weighted by Crippen LogP contribution is -2.49. The number of alkyl halides is 3. The van der Waals surface area contributed by atoms with Crippen LogP contribution in [0.15, 0.2) is 91.1 Å². The number of amides is 2. The van der Waals surface area contributed by atoms with Gasteiger partial charge in [0.2, 0.25) is 5.91 Å². The first kappa shape index (κ1) is 31.9. The fourth-order valence-electron chi connectivity index (χ4n) is 7.63. The number of anilines is 1. The zero-order valence-electron chi connectivity index (χ0n) is 26.7. The van der Waals surface area contributed by atoms with E-state index in [0.717, 1.165) is 83.9 Å². The Hall–Kier alpha value is -4.70. The van der Waals surface area contributed by atoms with E-state index >= 15 is 0 Å². The van der Waals surface area contributed by atoms with E-state index in [0.29, 0.717) is 25.9 Å². The Morgan fingerprint density at radius 2 is 1.52 bits per heavy atom. The molecule has 3 aliphatic rings. The largest absolute Gasteiger partial charge is 0.405 e. The molecule has 2 aliphatic heterocycles. The van der Waals surface area contributed by atoms with Crippen LogP contribution in [-0.2, 0) is 23.2 Å². The summed E-state index contributed by atoms with van der Waals surface area (Å²) in [5, 5.41) is 2.22. The highest BCUT2D eigenvalue weighted by atomic mass is 19.4. The van der Waals surface area contributed by atoms with Gasteiger partial charge in [-0.2, -0.15) is 13.2 Å². The Balaban J connectivity index is 1.01. The van der Waals surface area contributed by atoms with Crippen molar-refractivity contribution in [1.29, 1.82) is 0 Å². The summed E-state index contributed by atoms with van der Waals surface area (Å²) in [6, 6.07) is 27.1. The van der Waals surface area contributed by atoms with Crippen LogP contribution in [0, 0.1) is 0 Å². The van der Waals surface area contributed by atoms with E-state index in [1.165, 1.54) is 0 Å². The minimum atomic E-state index is -4.50. The lowest BCUT2D eigenvalue weighted by atomic mass is 9.73. The van der Waals surface area contributed by atoms with Gasteiger partial charge in [-0.25, -0.2) is 0 Å². The number of halogens is 3. The quantitative estimate of drug-likeness (QED) is 0.247. The van der Waals surface area contributed by atoms with Crippen LogP contribution < -0.4 is 10.2 Å². The number of nitrogens with one attached hydrogen (secondary N) is 1. The maximum Gasteiger partial charge on any atom is 0.405 e. The van der Waals surface area contributed by atoms with E-state index < -0.39 is 24.0 Å². The van der Waals surface area contributed by atoms with Crippen molar-refractivity contribution in [2.24, 2.45) is 0 Å². The maximum absolute atomic E-state index is 13.8. The number of benzene rings is 3. The van der Waals surface area contributed by atoms with Crippen LogP contribution in [0.25, 0.3) is 11.1 Å². The Kier molecular flexibility index (Phi) is 8.68. The van der Waals surface area contributed by atoms with Crippen molar-refractivity contribution in [3.8, 4) is 11.1 Å². The summed E-state index contributed by atoms with van der Waals surface area (Å²) in [7, 11) is 0. The summed E-state index contributed by atoms with van der Waals surface area (Å²) < 4.78 is 39.7. The molecule has 1 aromatic heterocycles. The molecule has 2 amide bonds. The summed E-state index contributed by atoms with van der Waals surface area (Å²) in [6.07, 6.45) is -0.907. The first-order valence-electron chi connectivity index (χ1n) is 16.6. The lowest BCUT2D eigenvalue weighted by Gasteiger charge is -2.37. The smallest absolute Gasteiger partial charge is 0.369 e. The third-order valence-electron chi connectivity index (χ3n) is 10.0. The fraction of sp³-hybridized carbons (Fsp3) is 0.342. The van der Waals surface area contributed by atoms with E-state index in [1.54, 1.807) is 6.20 Å². The number of rotatable bonds is 9. The maximum atomic E-state index is 13.8. The fourth-order valence-corrected chi connectivity index (χ4v) is 7.63. The van der Waals surface area contributed by atoms with Gasteiger partial charge in [0.05, 0.1) is 12.2 Å². The monoisotopic (exact) mass is 653 g/mol. The van der Waals surface area contributed by atoms with Crippen molar-refractivity contribution in [1.82, 2.24) is 20.1 Å². The minimum absolute atomic E-state index is 0.0330. The summed E-state index contributed by atoms with van der Waals surface area (Å²) in [4.78, 5) is 38.1. The zero-order valence-corrected chi connectivity index (χ0v) is 26.7. The Bertz CT molecular complexity index is 1760. The van der Waals surface area contributed by atoms with Crippen LogP contribution in [0.4, 0.5) is 18.9 Å². The third-order valence-corrected chi connectivity index (χ3v) is 10.0. The van der Waals surface area contributed by atoms with Gasteiger partial charge in [-0.1, -0.05) is 60.7 Å². The van der Waals surface area contributed by atoms with Crippen LogP contribution in [0.1, 0.15) is 45.6 Å². The van der Waals surface area contributed by atoms with Gasteiger partial charge in [0.15, 0.2) is 0 Å². The zero-order chi connectivity index (χ0) is 33.3. The van der Waals surface area contributed by atoms with Crippen molar-refractivity contribution in [2.45, 2.75) is 37.4 Å². The van der Waals surface area contributed by atoms with E-state index in [4.69, 9.17) is 0 Å². The molecule has 1 saturated heterocycles. The molecule has 0 radical (unpaired) electrons. The van der Waals surface area contributed by atoms with E-state index in [1.807, 2.05) is 77.7 Å². The minimum Gasteiger partial charge on any atom is -0.369 e. The summed E-state index contributed by atoms with van der Waals surface area (Å²) in [5.41, 5.74) is 5.84. The Morgan fingerprint density at radius 1 is 0.833 bits per heavy atom. The molecule has 7 rings (SSSR count). The number of carbonyl (C=O) groups excluding carboxylic acids is 2. The highest BCUT2D eigenvalue weighted by Gasteiger charge is 2.49. The molecule has 10 heteroatoms. The number of hydrogen-bond donors (Lipinski definition) is 1. The second-order valence-electron chi connectivity index (χ2n) is 12.9. The molecule has 1 aliphatic carbocycles. The predicted octanol–water partition coefficient (Wildman–Crippen LogP) is 5.83. The summed E-state index contributed by atoms with van der Waals surface area (Å²) >= 11 is 0. The van der Waals surface area contributed by atoms with Gasteiger partial charge in [0, 0.05) is 50.2 Å². The molecule has 0 saturated carbocycles. The average molecular weight is 654 g/mol. The highest BCUT2D eigenvalue weighted by Crippen LogP contribution is 2.51. The van der Waals surface area contributed by atoms with Gasteiger partial charge < -0.3 is 15.1 Å². The van der Waals surface area contributed by atoms with Gasteiger partial charge in [0.1, 0.15) is 12.0 Å². The molecule has 0 unspecified atom stereocenters. The molecule has 7 nitrogen and oxygen atoms in total. The molecule has 48 heavy (non-hydrogen) atoms. The molecule has 0 atom stereocenters. The SMILES string of the molecule is O=C1c2cc(N3CCN(CCCC4(C(=O)NCC(F)(F)F)c5ccccc5-c5ccccc54)CC3)ccc2CCN1Cc1ccccn1. The predicted molar refractivity (Wildman–Crippen MR) is 179 cm³/mol. The molecule has 3 heterocycles. The van der Waals surface area contributed by atoms with Crippen LogP contribution in [0.3, 0.4) is 0 Å². The van der Waals surface area contributed by atoms with E-state index in [9.17, 15) is 22.8 Å². The van der Waals surface area contributed by atoms with Gasteiger partial charge in [0.25, 0.3) is 5.91 Å². The van der Waals surface area contributed by atoms with Crippen LogP contribution in [0.5, 0.6) is 0 Å². The summed E-state index contributed by atoms with van der Waals surface area (Å²) in [6.45, 7) is 3.69. The second-order valence-corrected chi connectivity index (χ2v) is 12.9. The van der Waals surface area contributed by atoms with Gasteiger partial charge in [-0.3, -0.25) is 19.5 Å². The third kappa shape index (κ3) is 6.17. The van der Waals surface area contributed by atoms with Crippen molar-refractivity contribution >= 4 is 17.5 Å². The number of hydrogen-bond acceptors (Lipinski definition) is 5. The molecule has 4 aromatic rings. The molecule has 248 valence electrons. The van der Waals surface area contributed by atoms with Crippen molar-refractivity contribution in [3.05, 3.63) is 119 Å². The number of carbonyl (C=O) groups is 2. The molecule has 0 bridgehead atoms. The number of nitrogens with zero attached hydrogens (tertiary/aromatic N) is 4. The highest BCUT2D eigenvalue weighted by molar-refractivity contribution is 6.00. The normalized spacial score (nSPS) is 17.1. The van der Waals surface area contributed by atoms with Gasteiger partial charge in [-0.15, -0.1) is 0 Å². The van der Waals surface area contributed by atoms with Gasteiger partial charge in [-0.05, 0) is 77.9 Å². The standard InChI is InChI=1S/C38H38F3N5O2/c39-38(40,41)26-43-36(48)37(33-11-3-1-9-30(33)31-10-2-4-12-34(31)37)16-7-18-44-20-22-45(23-21-44)29-14-13-27-15-19-46(35(47)32(27)24-29)25-28-8-5-6-17-42-28/h1-6,8-14,17,24H,7,15-16,18-23,25-26H2,(H,43,48). The molecular weight excluding hydrogens is 615 g/mol. The van der Waals surface area contributed by atoms with Crippen LogP contribution in [0.2, 0.25) is 0 Å². The molecule has 1 N–H and O–H groups in total. The molecular formula is C38H38F3N5O2. The Labute approximate surface area is 278 Å². The second kappa shape index (κ2) is 13.1. The molecule has 3 aromatic carbocycles. The van der Waals surface area contributed by atoms with E-state index in [2.05, 4.69) is 32.2 Å². The average Bonchev–Trinajstić information content (AvgIpc) is 3.39. The number of piperazine rings is 1. The van der Waals surface area contributed by atoms with Crippen LogP contribution in [-0.4, -0.2) is 78.6 Å². The number of fused-ring (bicyclic) bond motifs is 4. The number of pyridine rings is 1. The Morgan fingerprint density at radius 3 is 2.19 bits per heavy atom. The van der Waals surface area contributed by atoms with E-state index in [-0.39, 0.29) is 5.91 Å². The number of aromatic nitrogens is 1. The molecule has 0 spiro atoms. The summed E-state index contributed by atoms with van der Waals surface area (Å²) in [5.74, 6) is -0.576. The first-order chi connectivity index (χ1) is 23.2.